The van der Waals surface area contributed by atoms with Crippen LogP contribution in [0.3, 0.4) is 0 Å². The molecule has 100 valence electrons. The van der Waals surface area contributed by atoms with Gasteiger partial charge in [0.15, 0.2) is 0 Å². The van der Waals surface area contributed by atoms with Gasteiger partial charge in [-0.1, -0.05) is 0 Å². The number of carbonyl (C=O) groups is 1. The lowest BCUT2D eigenvalue weighted by Crippen LogP contribution is -2.32. The second-order valence-electron chi connectivity index (χ2n) is 4.11. The summed E-state index contributed by atoms with van der Waals surface area (Å²) in [4.78, 5) is 10.7. The molecule has 0 aliphatic heterocycles. The minimum atomic E-state index is -1.13. The summed E-state index contributed by atoms with van der Waals surface area (Å²) in [6, 6.07) is 5.42. The van der Waals surface area contributed by atoms with E-state index in [4.69, 9.17) is 10.8 Å². The number of halogens is 2. The normalized spacial score (nSPS) is 12.4. The van der Waals surface area contributed by atoms with Crippen molar-refractivity contribution in [3.8, 4) is 5.69 Å². The van der Waals surface area contributed by atoms with Gasteiger partial charge in [0.05, 0.1) is 5.69 Å². The number of hydrogen-bond donors (Lipinski definition) is 2. The quantitative estimate of drug-likeness (QED) is 0.885. The first-order valence-electron chi connectivity index (χ1n) is 5.59. The van der Waals surface area contributed by atoms with Crippen LogP contribution in [0.5, 0.6) is 0 Å². The summed E-state index contributed by atoms with van der Waals surface area (Å²) in [5.74, 6) is -2.52. The zero-order valence-corrected chi connectivity index (χ0v) is 9.88. The molecule has 2 aromatic rings. The molecule has 4 nitrogen and oxygen atoms in total. The molecule has 1 aromatic heterocycles. The summed E-state index contributed by atoms with van der Waals surface area (Å²) in [5.41, 5.74) is 6.14. The van der Waals surface area contributed by atoms with Gasteiger partial charge in [0.25, 0.3) is 0 Å². The third-order valence-corrected chi connectivity index (χ3v) is 2.75. The average molecular weight is 266 g/mol. The molecular weight excluding hydrogens is 254 g/mol. The van der Waals surface area contributed by atoms with Crippen molar-refractivity contribution in [3.05, 3.63) is 53.9 Å². The number of aromatic nitrogens is 1. The van der Waals surface area contributed by atoms with Gasteiger partial charge in [0, 0.05) is 24.4 Å². The molecule has 19 heavy (non-hydrogen) atoms. The summed E-state index contributed by atoms with van der Waals surface area (Å²) < 4.78 is 28.0. The van der Waals surface area contributed by atoms with Crippen LogP contribution in [-0.4, -0.2) is 21.7 Å². The summed E-state index contributed by atoms with van der Waals surface area (Å²) in [7, 11) is 0. The van der Waals surface area contributed by atoms with Crippen molar-refractivity contribution in [2.45, 2.75) is 12.5 Å². The van der Waals surface area contributed by atoms with Crippen molar-refractivity contribution >= 4 is 5.97 Å². The largest absolute Gasteiger partial charge is 0.480 e. The highest BCUT2D eigenvalue weighted by Crippen LogP contribution is 2.18. The lowest BCUT2D eigenvalue weighted by Gasteiger charge is -2.12. The van der Waals surface area contributed by atoms with Crippen LogP contribution < -0.4 is 5.73 Å². The van der Waals surface area contributed by atoms with Crippen molar-refractivity contribution in [1.82, 2.24) is 4.57 Å². The molecule has 0 aliphatic rings. The molecule has 0 saturated carbocycles. The molecule has 3 N–H and O–H groups in total. The number of rotatable bonds is 4. The van der Waals surface area contributed by atoms with Gasteiger partial charge in [-0.3, -0.25) is 4.79 Å². The monoisotopic (exact) mass is 266 g/mol. The molecule has 6 heteroatoms. The zero-order valence-electron chi connectivity index (χ0n) is 9.88. The van der Waals surface area contributed by atoms with E-state index in [0.29, 0.717) is 5.69 Å². The maximum Gasteiger partial charge on any atom is 0.320 e. The Labute approximate surface area is 108 Å². The Bertz CT molecular complexity index is 610. The van der Waals surface area contributed by atoms with Gasteiger partial charge in [-0.05, 0) is 24.3 Å². The second kappa shape index (κ2) is 5.19. The maximum absolute atomic E-state index is 13.7. The summed E-state index contributed by atoms with van der Waals surface area (Å²) in [6.45, 7) is 0. The van der Waals surface area contributed by atoms with Gasteiger partial charge in [-0.25, -0.2) is 8.78 Å². The molecule has 1 heterocycles. The molecule has 0 bridgehead atoms. The van der Waals surface area contributed by atoms with Gasteiger partial charge in [0.2, 0.25) is 0 Å². The number of carboxylic acids is 1. The van der Waals surface area contributed by atoms with Gasteiger partial charge < -0.3 is 15.4 Å². The van der Waals surface area contributed by atoms with Crippen LogP contribution in [0.1, 0.15) is 5.69 Å². The van der Waals surface area contributed by atoms with Crippen LogP contribution in [0.2, 0.25) is 0 Å². The SMILES string of the molecule is NC(Cc1cccn1-c1ccc(F)cc1F)C(=O)O. The zero-order chi connectivity index (χ0) is 14.0. The van der Waals surface area contributed by atoms with Gasteiger partial charge in [0.1, 0.15) is 17.7 Å². The van der Waals surface area contributed by atoms with E-state index in [-0.39, 0.29) is 12.1 Å². The first kappa shape index (κ1) is 13.2. The van der Waals surface area contributed by atoms with Crippen molar-refractivity contribution < 1.29 is 18.7 Å². The standard InChI is InChI=1S/C13H12F2N2O2/c14-8-3-4-12(10(15)6-8)17-5-1-2-9(17)7-11(16)13(18)19/h1-6,11H,7,16H2,(H,18,19). The van der Waals surface area contributed by atoms with Crippen LogP contribution in [-0.2, 0) is 11.2 Å². The van der Waals surface area contributed by atoms with Crippen LogP contribution in [0, 0.1) is 11.6 Å². The van der Waals surface area contributed by atoms with Crippen molar-refractivity contribution in [1.29, 1.82) is 0 Å². The van der Waals surface area contributed by atoms with E-state index in [1.54, 1.807) is 18.3 Å². The molecule has 1 atom stereocenters. The maximum atomic E-state index is 13.7. The Kier molecular flexibility index (Phi) is 3.62. The number of aliphatic carboxylic acids is 1. The first-order valence-corrected chi connectivity index (χ1v) is 5.59. The Hall–Kier alpha value is -2.21. The molecule has 0 fully saturated rings. The molecule has 0 saturated heterocycles. The van der Waals surface area contributed by atoms with Crippen molar-refractivity contribution in [2.75, 3.05) is 0 Å². The minimum absolute atomic E-state index is 0.0547. The predicted molar refractivity (Wildman–Crippen MR) is 65.0 cm³/mol. The third kappa shape index (κ3) is 2.79. The van der Waals surface area contributed by atoms with E-state index >= 15 is 0 Å². The molecule has 1 unspecified atom stereocenters. The van der Waals surface area contributed by atoms with Crippen molar-refractivity contribution in [3.63, 3.8) is 0 Å². The predicted octanol–water partition coefficient (Wildman–Crippen LogP) is 1.71. The lowest BCUT2D eigenvalue weighted by molar-refractivity contribution is -0.138. The molecular formula is C13H12F2N2O2. The smallest absolute Gasteiger partial charge is 0.320 e. The lowest BCUT2D eigenvalue weighted by atomic mass is 10.1. The fourth-order valence-electron chi connectivity index (χ4n) is 1.81. The van der Waals surface area contributed by atoms with E-state index in [1.807, 2.05) is 0 Å². The van der Waals surface area contributed by atoms with Gasteiger partial charge in [-0.2, -0.15) is 0 Å². The van der Waals surface area contributed by atoms with Crippen LogP contribution >= 0.6 is 0 Å². The summed E-state index contributed by atoms with van der Waals surface area (Å²) in [5, 5.41) is 8.78. The molecule has 0 radical (unpaired) electrons. The summed E-state index contributed by atoms with van der Waals surface area (Å²) in [6.07, 6.45) is 1.62. The number of nitrogens with two attached hydrogens (primary N) is 1. The molecule has 0 spiro atoms. The highest BCUT2D eigenvalue weighted by molar-refractivity contribution is 5.73. The van der Waals surface area contributed by atoms with Crippen LogP contribution in [0.4, 0.5) is 8.78 Å². The Morgan fingerprint density at radius 3 is 2.74 bits per heavy atom. The molecule has 0 amide bonds. The molecule has 1 aromatic carbocycles. The van der Waals surface area contributed by atoms with E-state index in [0.717, 1.165) is 12.1 Å². The van der Waals surface area contributed by atoms with Crippen LogP contribution in [0.25, 0.3) is 5.69 Å². The Morgan fingerprint density at radius 1 is 1.37 bits per heavy atom. The van der Waals surface area contributed by atoms with E-state index < -0.39 is 23.6 Å². The minimum Gasteiger partial charge on any atom is -0.480 e. The number of benzene rings is 1. The van der Waals surface area contributed by atoms with Gasteiger partial charge in [-0.15, -0.1) is 0 Å². The van der Waals surface area contributed by atoms with Crippen LogP contribution in [0.15, 0.2) is 36.5 Å². The Balaban J connectivity index is 2.36. The highest BCUT2D eigenvalue weighted by atomic mass is 19.1. The highest BCUT2D eigenvalue weighted by Gasteiger charge is 2.16. The van der Waals surface area contributed by atoms with E-state index in [2.05, 4.69) is 0 Å². The molecule has 0 aliphatic carbocycles. The number of nitrogens with zero attached hydrogens (tertiary/aromatic N) is 1. The van der Waals surface area contributed by atoms with Gasteiger partial charge >= 0.3 is 5.97 Å². The fourth-order valence-corrected chi connectivity index (χ4v) is 1.81. The number of carboxylic acid groups (broad SMARTS) is 1. The Morgan fingerprint density at radius 2 is 2.11 bits per heavy atom. The summed E-state index contributed by atoms with van der Waals surface area (Å²) >= 11 is 0. The average Bonchev–Trinajstić information content (AvgIpc) is 2.77. The third-order valence-electron chi connectivity index (χ3n) is 2.75. The van der Waals surface area contributed by atoms with E-state index in [1.165, 1.54) is 10.6 Å². The van der Waals surface area contributed by atoms with Crippen molar-refractivity contribution in [2.24, 2.45) is 5.73 Å². The fraction of sp³-hybridized carbons (Fsp3) is 0.154. The molecule has 2 rings (SSSR count). The topological polar surface area (TPSA) is 68.2 Å². The number of hydrogen-bond acceptors (Lipinski definition) is 2. The first-order chi connectivity index (χ1) is 8.99. The second-order valence-corrected chi connectivity index (χ2v) is 4.11. The van der Waals surface area contributed by atoms with E-state index in [9.17, 15) is 13.6 Å².